The fourth-order valence-electron chi connectivity index (χ4n) is 2.22. The average Bonchev–Trinajstić information content (AvgIpc) is 2.40. The molecule has 1 aliphatic heterocycles. The first-order chi connectivity index (χ1) is 9.90. The quantitative estimate of drug-likeness (QED) is 0.614. The molecule has 0 aliphatic carbocycles. The zero-order valence-corrected chi connectivity index (χ0v) is 13.8. The molecule has 0 amide bonds. The molecule has 0 radical (unpaired) electrons. The molecule has 118 valence electrons. The maximum atomic E-state index is 12.2. The molecule has 0 atom stereocenters. The lowest BCUT2D eigenvalue weighted by molar-refractivity contribution is 0.0538. The van der Waals surface area contributed by atoms with E-state index in [1.165, 1.54) is 11.8 Å². The van der Waals surface area contributed by atoms with Crippen molar-refractivity contribution in [3.8, 4) is 0 Å². The molecule has 0 bridgehead atoms. The van der Waals surface area contributed by atoms with Crippen LogP contribution < -0.4 is 10.5 Å². The van der Waals surface area contributed by atoms with Gasteiger partial charge >= 0.3 is 0 Å². The van der Waals surface area contributed by atoms with Crippen molar-refractivity contribution in [1.29, 1.82) is 0 Å². The zero-order chi connectivity index (χ0) is 15.3. The van der Waals surface area contributed by atoms with Crippen LogP contribution >= 0.6 is 11.8 Å². The molecule has 1 aliphatic rings. The largest absolute Gasteiger partial charge is 0.398 e. The number of para-hydroxylation sites is 1. The Hall–Kier alpha value is -0.760. The van der Waals surface area contributed by atoms with Crippen LogP contribution in [0.2, 0.25) is 0 Å². The number of anilines is 1. The van der Waals surface area contributed by atoms with Gasteiger partial charge in [-0.25, -0.2) is 13.1 Å². The maximum Gasteiger partial charge on any atom is 0.212 e. The average molecular weight is 330 g/mol. The second kappa shape index (κ2) is 7.00. The number of ether oxygens (including phenoxy) is 1. The number of rotatable bonds is 6. The Morgan fingerprint density at radius 3 is 2.67 bits per heavy atom. The standard InChI is InChI=1S/C14H22N2O3S2/c1-14(6-8-19-9-7-14)16-21(17,18)11-10-20-13-5-3-2-4-12(13)15/h2-5,16H,6-11,15H2,1H3. The minimum Gasteiger partial charge on any atom is -0.398 e. The van der Waals surface area contributed by atoms with Crippen LogP contribution in [0.4, 0.5) is 5.69 Å². The zero-order valence-electron chi connectivity index (χ0n) is 12.2. The third-order valence-electron chi connectivity index (χ3n) is 3.53. The van der Waals surface area contributed by atoms with Gasteiger partial charge in [0, 0.05) is 35.1 Å². The van der Waals surface area contributed by atoms with Crippen LogP contribution in [0.5, 0.6) is 0 Å². The van der Waals surface area contributed by atoms with Gasteiger partial charge in [0.1, 0.15) is 0 Å². The molecular weight excluding hydrogens is 308 g/mol. The number of hydrogen-bond donors (Lipinski definition) is 2. The van der Waals surface area contributed by atoms with Crippen LogP contribution in [0, 0.1) is 0 Å². The Morgan fingerprint density at radius 1 is 1.33 bits per heavy atom. The molecule has 1 saturated heterocycles. The van der Waals surface area contributed by atoms with Gasteiger partial charge in [-0.1, -0.05) is 12.1 Å². The summed E-state index contributed by atoms with van der Waals surface area (Å²) in [4.78, 5) is 0.921. The summed E-state index contributed by atoms with van der Waals surface area (Å²) in [5.41, 5.74) is 6.14. The Bertz CT molecular complexity index is 569. The number of benzene rings is 1. The molecule has 1 fully saturated rings. The van der Waals surface area contributed by atoms with Crippen LogP contribution in [0.15, 0.2) is 29.2 Å². The van der Waals surface area contributed by atoms with E-state index in [1.54, 1.807) is 0 Å². The van der Waals surface area contributed by atoms with Crippen LogP contribution in [0.1, 0.15) is 19.8 Å². The summed E-state index contributed by atoms with van der Waals surface area (Å²) < 4.78 is 32.5. The van der Waals surface area contributed by atoms with E-state index in [1.807, 2.05) is 31.2 Å². The Balaban J connectivity index is 1.85. The van der Waals surface area contributed by atoms with Crippen LogP contribution in [0.3, 0.4) is 0 Å². The lowest BCUT2D eigenvalue weighted by Crippen LogP contribution is -2.50. The molecule has 0 spiro atoms. The van der Waals surface area contributed by atoms with E-state index in [-0.39, 0.29) is 11.3 Å². The molecule has 5 nitrogen and oxygen atoms in total. The van der Waals surface area contributed by atoms with Crippen molar-refractivity contribution in [2.45, 2.75) is 30.2 Å². The van der Waals surface area contributed by atoms with Crippen molar-refractivity contribution in [3.63, 3.8) is 0 Å². The van der Waals surface area contributed by atoms with E-state index in [0.29, 0.717) is 37.5 Å². The van der Waals surface area contributed by atoms with E-state index in [2.05, 4.69) is 4.72 Å². The highest BCUT2D eigenvalue weighted by Crippen LogP contribution is 2.25. The highest BCUT2D eigenvalue weighted by Gasteiger charge is 2.31. The van der Waals surface area contributed by atoms with Gasteiger partial charge in [-0.15, -0.1) is 11.8 Å². The van der Waals surface area contributed by atoms with Gasteiger partial charge < -0.3 is 10.5 Å². The lowest BCUT2D eigenvalue weighted by atomic mass is 9.94. The molecule has 0 unspecified atom stereocenters. The third-order valence-corrected chi connectivity index (χ3v) is 6.42. The second-order valence-corrected chi connectivity index (χ2v) is 8.46. The monoisotopic (exact) mass is 330 g/mol. The Kier molecular flexibility index (Phi) is 5.54. The van der Waals surface area contributed by atoms with Gasteiger partial charge in [0.25, 0.3) is 0 Å². The SMILES string of the molecule is CC1(NS(=O)(=O)CCSc2ccccc2N)CCOCC1. The van der Waals surface area contributed by atoms with Crippen molar-refractivity contribution < 1.29 is 13.2 Å². The Morgan fingerprint density at radius 2 is 2.00 bits per heavy atom. The minimum absolute atomic E-state index is 0.0858. The van der Waals surface area contributed by atoms with Gasteiger partial charge in [0.15, 0.2) is 0 Å². The number of nitrogen functional groups attached to an aromatic ring is 1. The number of sulfonamides is 1. The van der Waals surface area contributed by atoms with Crippen molar-refractivity contribution in [2.24, 2.45) is 0 Å². The predicted octanol–water partition coefficient (Wildman–Crippen LogP) is 1.85. The molecule has 21 heavy (non-hydrogen) atoms. The molecule has 2 rings (SSSR count). The second-order valence-electron chi connectivity index (χ2n) is 5.48. The van der Waals surface area contributed by atoms with E-state index >= 15 is 0 Å². The van der Waals surface area contributed by atoms with Crippen molar-refractivity contribution in [2.75, 3.05) is 30.5 Å². The fraction of sp³-hybridized carbons (Fsp3) is 0.571. The Labute approximate surface area is 130 Å². The number of nitrogens with one attached hydrogen (secondary N) is 1. The molecule has 1 aromatic rings. The summed E-state index contributed by atoms with van der Waals surface area (Å²) in [5.74, 6) is 0.568. The predicted molar refractivity (Wildman–Crippen MR) is 87.0 cm³/mol. The molecule has 7 heteroatoms. The van der Waals surface area contributed by atoms with E-state index in [4.69, 9.17) is 10.5 Å². The number of nitrogens with two attached hydrogens (primary N) is 1. The minimum atomic E-state index is -3.29. The van der Waals surface area contributed by atoms with Gasteiger partial charge in [-0.05, 0) is 31.9 Å². The van der Waals surface area contributed by atoms with Crippen LogP contribution in [-0.2, 0) is 14.8 Å². The summed E-state index contributed by atoms with van der Waals surface area (Å²) in [6.45, 7) is 3.15. The fourth-order valence-corrected chi connectivity index (χ4v) is 5.12. The summed E-state index contributed by atoms with van der Waals surface area (Å²) in [5, 5.41) is 0. The maximum absolute atomic E-state index is 12.2. The van der Waals surface area contributed by atoms with Gasteiger partial charge in [0.2, 0.25) is 10.0 Å². The number of hydrogen-bond acceptors (Lipinski definition) is 5. The number of thioether (sulfide) groups is 1. The smallest absolute Gasteiger partial charge is 0.212 e. The lowest BCUT2D eigenvalue weighted by Gasteiger charge is -2.34. The molecule has 1 heterocycles. The van der Waals surface area contributed by atoms with E-state index in [0.717, 1.165) is 4.90 Å². The molecular formula is C14H22N2O3S2. The normalized spacial score (nSPS) is 18.5. The highest BCUT2D eigenvalue weighted by atomic mass is 32.2. The first-order valence-electron chi connectivity index (χ1n) is 6.97. The highest BCUT2D eigenvalue weighted by molar-refractivity contribution is 8.00. The topological polar surface area (TPSA) is 81.4 Å². The first-order valence-corrected chi connectivity index (χ1v) is 9.61. The van der Waals surface area contributed by atoms with Crippen LogP contribution in [0.25, 0.3) is 0 Å². The first kappa shape index (κ1) is 16.6. The van der Waals surface area contributed by atoms with E-state index in [9.17, 15) is 8.42 Å². The van der Waals surface area contributed by atoms with Gasteiger partial charge in [0.05, 0.1) is 5.75 Å². The van der Waals surface area contributed by atoms with Crippen molar-refractivity contribution in [1.82, 2.24) is 4.72 Å². The van der Waals surface area contributed by atoms with Crippen molar-refractivity contribution in [3.05, 3.63) is 24.3 Å². The van der Waals surface area contributed by atoms with E-state index < -0.39 is 10.0 Å². The van der Waals surface area contributed by atoms with Crippen molar-refractivity contribution >= 4 is 27.5 Å². The van der Waals surface area contributed by atoms with Gasteiger partial charge in [-0.3, -0.25) is 0 Å². The molecule has 0 aromatic heterocycles. The molecule has 3 N–H and O–H groups in total. The van der Waals surface area contributed by atoms with Gasteiger partial charge in [-0.2, -0.15) is 0 Å². The molecule has 1 aromatic carbocycles. The third kappa shape index (κ3) is 5.18. The summed E-state index contributed by atoms with van der Waals surface area (Å²) in [6, 6.07) is 7.48. The molecule has 0 saturated carbocycles. The summed E-state index contributed by atoms with van der Waals surface area (Å²) in [6.07, 6.45) is 1.43. The van der Waals surface area contributed by atoms with Crippen LogP contribution in [-0.4, -0.2) is 38.7 Å². The summed E-state index contributed by atoms with van der Waals surface area (Å²) in [7, 11) is -3.29. The summed E-state index contributed by atoms with van der Waals surface area (Å²) >= 11 is 1.47.